The number of halogens is 1. The maximum atomic E-state index is 6.41. The van der Waals surface area contributed by atoms with E-state index in [4.69, 9.17) is 17.3 Å². The molecule has 0 aromatic heterocycles. The molecule has 1 aromatic rings. The van der Waals surface area contributed by atoms with Crippen LogP contribution in [0.25, 0.3) is 0 Å². The fourth-order valence-corrected chi connectivity index (χ4v) is 3.43. The first-order chi connectivity index (χ1) is 9.06. The zero-order chi connectivity index (χ0) is 13.8. The van der Waals surface area contributed by atoms with Gasteiger partial charge in [0.15, 0.2) is 0 Å². The Kier molecular flexibility index (Phi) is 5.29. The minimum absolute atomic E-state index is 0.300. The molecule has 1 aromatic carbocycles. The van der Waals surface area contributed by atoms with Crippen LogP contribution in [0.2, 0.25) is 5.02 Å². The van der Waals surface area contributed by atoms with Gasteiger partial charge in [-0.25, -0.2) is 0 Å². The van der Waals surface area contributed by atoms with Crippen molar-refractivity contribution in [3.63, 3.8) is 0 Å². The van der Waals surface area contributed by atoms with Gasteiger partial charge in [-0.05, 0) is 67.6 Å². The minimum Gasteiger partial charge on any atom is -0.327 e. The van der Waals surface area contributed by atoms with E-state index >= 15 is 0 Å². The van der Waals surface area contributed by atoms with Crippen LogP contribution in [0, 0.1) is 17.8 Å². The van der Waals surface area contributed by atoms with Crippen molar-refractivity contribution in [1.82, 2.24) is 0 Å². The van der Waals surface area contributed by atoms with Crippen LogP contribution in [-0.4, -0.2) is 6.04 Å². The Morgan fingerprint density at radius 3 is 2.11 bits per heavy atom. The van der Waals surface area contributed by atoms with Gasteiger partial charge in [-0.2, -0.15) is 0 Å². The Morgan fingerprint density at radius 2 is 1.58 bits per heavy atom. The third-order valence-corrected chi connectivity index (χ3v) is 5.00. The van der Waals surface area contributed by atoms with E-state index in [1.54, 1.807) is 0 Å². The topological polar surface area (TPSA) is 26.0 Å². The van der Waals surface area contributed by atoms with Gasteiger partial charge in [-0.3, -0.25) is 0 Å². The molecule has 0 saturated heterocycles. The highest BCUT2D eigenvalue weighted by atomic mass is 35.5. The van der Waals surface area contributed by atoms with E-state index in [0.717, 1.165) is 23.3 Å². The Labute approximate surface area is 122 Å². The molecular formula is C17H26ClN. The summed E-state index contributed by atoms with van der Waals surface area (Å²) in [4.78, 5) is 0. The maximum absolute atomic E-state index is 6.41. The summed E-state index contributed by atoms with van der Waals surface area (Å²) in [6, 6.07) is 8.41. The normalized spacial score (nSPS) is 25.5. The quantitative estimate of drug-likeness (QED) is 0.851. The number of hydrogen-bond donors (Lipinski definition) is 1. The second-order valence-electron chi connectivity index (χ2n) is 6.41. The second kappa shape index (κ2) is 6.76. The van der Waals surface area contributed by atoms with Gasteiger partial charge in [0.2, 0.25) is 0 Å². The van der Waals surface area contributed by atoms with E-state index < -0.39 is 0 Å². The van der Waals surface area contributed by atoms with Crippen molar-refractivity contribution >= 4 is 11.6 Å². The van der Waals surface area contributed by atoms with Crippen LogP contribution >= 0.6 is 11.6 Å². The molecular weight excluding hydrogens is 254 g/mol. The number of hydrogen-bond acceptors (Lipinski definition) is 1. The van der Waals surface area contributed by atoms with Gasteiger partial charge in [0, 0.05) is 11.1 Å². The van der Waals surface area contributed by atoms with Crippen LogP contribution in [0.15, 0.2) is 24.3 Å². The van der Waals surface area contributed by atoms with Crippen LogP contribution in [0.1, 0.15) is 45.1 Å². The van der Waals surface area contributed by atoms with Gasteiger partial charge in [-0.15, -0.1) is 0 Å². The standard InChI is InChI=1S/C17H26ClN/c1-12(2)14-5-7-15(8-6-14)17(19)11-13-3-9-16(18)10-4-13/h3-4,9-10,12,14-15,17H,5-8,11,19H2,1-2H3. The Balaban J connectivity index is 1.84. The fraction of sp³-hybridized carbons (Fsp3) is 0.647. The summed E-state index contributed by atoms with van der Waals surface area (Å²) in [5.41, 5.74) is 7.72. The highest BCUT2D eigenvalue weighted by molar-refractivity contribution is 6.30. The van der Waals surface area contributed by atoms with Gasteiger partial charge in [0.25, 0.3) is 0 Å². The van der Waals surface area contributed by atoms with E-state index in [0.29, 0.717) is 12.0 Å². The summed E-state index contributed by atoms with van der Waals surface area (Å²) >= 11 is 5.91. The second-order valence-corrected chi connectivity index (χ2v) is 6.85. The van der Waals surface area contributed by atoms with E-state index in [1.807, 2.05) is 12.1 Å². The molecule has 2 rings (SSSR count). The molecule has 0 amide bonds. The molecule has 0 bridgehead atoms. The van der Waals surface area contributed by atoms with E-state index in [9.17, 15) is 0 Å². The van der Waals surface area contributed by atoms with E-state index in [1.165, 1.54) is 31.2 Å². The average molecular weight is 280 g/mol. The lowest BCUT2D eigenvalue weighted by Gasteiger charge is -2.34. The molecule has 0 aliphatic heterocycles. The van der Waals surface area contributed by atoms with Crippen LogP contribution in [0.5, 0.6) is 0 Å². The molecule has 1 saturated carbocycles. The summed E-state index contributed by atoms with van der Waals surface area (Å²) < 4.78 is 0. The van der Waals surface area contributed by atoms with Crippen molar-refractivity contribution in [1.29, 1.82) is 0 Å². The fourth-order valence-electron chi connectivity index (χ4n) is 3.30. The summed E-state index contributed by atoms with van der Waals surface area (Å²) in [6.07, 6.45) is 6.30. The molecule has 1 fully saturated rings. The molecule has 0 spiro atoms. The van der Waals surface area contributed by atoms with Crippen LogP contribution in [0.3, 0.4) is 0 Å². The molecule has 2 N–H and O–H groups in total. The van der Waals surface area contributed by atoms with Crippen LogP contribution in [0.4, 0.5) is 0 Å². The van der Waals surface area contributed by atoms with Crippen molar-refractivity contribution in [2.45, 2.75) is 52.0 Å². The highest BCUT2D eigenvalue weighted by Crippen LogP contribution is 2.34. The largest absolute Gasteiger partial charge is 0.327 e. The minimum atomic E-state index is 0.300. The smallest absolute Gasteiger partial charge is 0.0406 e. The molecule has 1 nitrogen and oxygen atoms in total. The number of nitrogens with two attached hydrogens (primary N) is 1. The molecule has 2 heteroatoms. The van der Waals surface area contributed by atoms with Gasteiger partial charge in [-0.1, -0.05) is 37.6 Å². The summed E-state index contributed by atoms with van der Waals surface area (Å²) in [7, 11) is 0. The average Bonchev–Trinajstić information content (AvgIpc) is 2.41. The molecule has 1 unspecified atom stereocenters. The molecule has 1 aliphatic rings. The molecule has 0 heterocycles. The van der Waals surface area contributed by atoms with Crippen molar-refractivity contribution in [2.75, 3.05) is 0 Å². The molecule has 1 aliphatic carbocycles. The third kappa shape index (κ3) is 4.22. The van der Waals surface area contributed by atoms with Crippen molar-refractivity contribution in [3.05, 3.63) is 34.9 Å². The Hall–Kier alpha value is -0.530. The van der Waals surface area contributed by atoms with Crippen molar-refractivity contribution in [3.8, 4) is 0 Å². The van der Waals surface area contributed by atoms with Gasteiger partial charge in [0.1, 0.15) is 0 Å². The molecule has 1 atom stereocenters. The first-order valence-electron chi connectivity index (χ1n) is 7.56. The van der Waals surface area contributed by atoms with E-state index in [2.05, 4.69) is 26.0 Å². The molecule has 0 radical (unpaired) electrons. The first-order valence-corrected chi connectivity index (χ1v) is 7.94. The monoisotopic (exact) mass is 279 g/mol. The lowest BCUT2D eigenvalue weighted by Crippen LogP contribution is -2.35. The first kappa shape index (κ1) is 14.9. The van der Waals surface area contributed by atoms with Gasteiger partial charge in [0.05, 0.1) is 0 Å². The third-order valence-electron chi connectivity index (χ3n) is 4.75. The number of benzene rings is 1. The van der Waals surface area contributed by atoms with E-state index in [-0.39, 0.29) is 0 Å². The van der Waals surface area contributed by atoms with Crippen molar-refractivity contribution in [2.24, 2.45) is 23.5 Å². The van der Waals surface area contributed by atoms with Crippen LogP contribution < -0.4 is 5.73 Å². The molecule has 106 valence electrons. The Bertz CT molecular complexity index is 377. The summed E-state index contributed by atoms with van der Waals surface area (Å²) in [6.45, 7) is 4.69. The SMILES string of the molecule is CC(C)C1CCC(C(N)Cc2ccc(Cl)cc2)CC1. The van der Waals surface area contributed by atoms with Crippen molar-refractivity contribution < 1.29 is 0 Å². The maximum Gasteiger partial charge on any atom is 0.0406 e. The lowest BCUT2D eigenvalue weighted by molar-refractivity contribution is 0.202. The van der Waals surface area contributed by atoms with Crippen LogP contribution in [-0.2, 0) is 6.42 Å². The van der Waals surface area contributed by atoms with Gasteiger partial charge < -0.3 is 5.73 Å². The highest BCUT2D eigenvalue weighted by Gasteiger charge is 2.26. The Morgan fingerprint density at radius 1 is 1.05 bits per heavy atom. The summed E-state index contributed by atoms with van der Waals surface area (Å²) in [5, 5.41) is 0.801. The lowest BCUT2D eigenvalue weighted by atomic mass is 9.74. The predicted octanol–water partition coefficient (Wildman–Crippen LogP) is 4.67. The summed E-state index contributed by atoms with van der Waals surface area (Å²) in [5.74, 6) is 2.44. The van der Waals surface area contributed by atoms with Gasteiger partial charge >= 0.3 is 0 Å². The number of rotatable bonds is 4. The zero-order valence-electron chi connectivity index (χ0n) is 12.1. The zero-order valence-corrected chi connectivity index (χ0v) is 12.9. The predicted molar refractivity (Wildman–Crippen MR) is 83.4 cm³/mol. The molecule has 19 heavy (non-hydrogen) atoms.